The summed E-state index contributed by atoms with van der Waals surface area (Å²) < 4.78 is 24.3. The molecule has 1 aromatic heterocycles. The molecule has 3 N–H and O–H groups in total. The van der Waals surface area contributed by atoms with Crippen molar-refractivity contribution in [1.82, 2.24) is 10.3 Å². The van der Waals surface area contributed by atoms with Crippen LogP contribution in [-0.2, 0) is 16.1 Å². The Morgan fingerprint density at radius 3 is 2.43 bits per heavy atom. The van der Waals surface area contributed by atoms with Crippen LogP contribution < -0.4 is 19.8 Å². The van der Waals surface area contributed by atoms with Crippen LogP contribution in [-0.4, -0.2) is 46.8 Å². The first-order valence-electron chi connectivity index (χ1n) is 11.1. The van der Waals surface area contributed by atoms with Gasteiger partial charge in [0.25, 0.3) is 11.3 Å². The van der Waals surface area contributed by atoms with Gasteiger partial charge in [-0.25, -0.2) is 13.5 Å². The predicted octanol–water partition coefficient (Wildman–Crippen LogP) is 4.85. The zero-order chi connectivity index (χ0) is 24.9. The van der Waals surface area contributed by atoms with Crippen LogP contribution in [0.4, 0.5) is 22.2 Å². The van der Waals surface area contributed by atoms with Crippen LogP contribution in [0.25, 0.3) is 22.0 Å². The molecule has 1 amide bonds. The predicted molar refractivity (Wildman–Crippen MR) is 146 cm³/mol. The zero-order valence-electron chi connectivity index (χ0n) is 19.7. The van der Waals surface area contributed by atoms with Crippen LogP contribution in [0.5, 0.6) is 0 Å². The Bertz CT molecular complexity index is 1370. The van der Waals surface area contributed by atoms with Crippen molar-refractivity contribution in [3.63, 3.8) is 0 Å². The average molecular weight is 510 g/mol. The number of nitrogens with one attached hydrogen (secondary N) is 2. The van der Waals surface area contributed by atoms with E-state index in [9.17, 15) is 13.6 Å². The topological polar surface area (TPSA) is 97.8 Å². The zero-order valence-corrected chi connectivity index (χ0v) is 21.3. The Morgan fingerprint density at radius 1 is 1.06 bits per heavy atom. The number of anilines is 4. The van der Waals surface area contributed by atoms with Crippen molar-refractivity contribution < 1.29 is 13.6 Å². The van der Waals surface area contributed by atoms with E-state index < -0.39 is 11.3 Å². The first-order chi connectivity index (χ1) is 16.9. The summed E-state index contributed by atoms with van der Waals surface area (Å²) in [6, 6.07) is 19.0. The van der Waals surface area contributed by atoms with Crippen molar-refractivity contribution in [1.29, 1.82) is 0 Å². The summed E-state index contributed by atoms with van der Waals surface area (Å²) in [4.78, 5) is 18.5. The van der Waals surface area contributed by atoms with Crippen molar-refractivity contribution in [3.8, 4) is 11.3 Å². The second-order valence-electron chi connectivity index (χ2n) is 7.99. The van der Waals surface area contributed by atoms with Gasteiger partial charge in [0.2, 0.25) is 5.91 Å². The summed E-state index contributed by atoms with van der Waals surface area (Å²) in [5.41, 5.74) is 3.64. The number of carbonyl (C=O) groups excluding carboxylic acids is 1. The number of amides is 1. The third-order valence-electron chi connectivity index (χ3n) is 5.40. The molecule has 10 heteroatoms. The molecule has 182 valence electrons. The Labute approximate surface area is 211 Å². The Kier molecular flexibility index (Phi) is 7.76. The summed E-state index contributed by atoms with van der Waals surface area (Å²) in [5, 5.41) is 9.97. The number of hydrogen-bond acceptors (Lipinski definition) is 6. The number of likely N-dealkylation sites (N-methyl/N-ethyl adjacent to an activating group) is 1. The van der Waals surface area contributed by atoms with Crippen molar-refractivity contribution in [2.45, 2.75) is 6.92 Å². The van der Waals surface area contributed by atoms with Crippen LogP contribution >= 0.6 is 11.3 Å². The SMILES string of the molecule is CCNCC(=O)Nc1nc(-c2cccc(N(c3cccc4c(N(C)C)cccc34)S(=O)O)c2)cs1. The molecule has 0 spiro atoms. The highest BCUT2D eigenvalue weighted by Crippen LogP contribution is 2.38. The normalized spacial score (nSPS) is 11.9. The van der Waals surface area contributed by atoms with Crippen molar-refractivity contribution in [2.24, 2.45) is 0 Å². The minimum atomic E-state index is -2.31. The van der Waals surface area contributed by atoms with Gasteiger partial charge >= 0.3 is 0 Å². The van der Waals surface area contributed by atoms with Gasteiger partial charge in [0.05, 0.1) is 23.6 Å². The number of rotatable bonds is 9. The van der Waals surface area contributed by atoms with Crippen LogP contribution in [0.2, 0.25) is 0 Å². The van der Waals surface area contributed by atoms with E-state index in [2.05, 4.69) is 15.6 Å². The Balaban J connectivity index is 1.70. The molecule has 8 nitrogen and oxygen atoms in total. The summed E-state index contributed by atoms with van der Waals surface area (Å²) in [6.07, 6.45) is 0. The number of hydrogen-bond donors (Lipinski definition) is 3. The van der Waals surface area contributed by atoms with E-state index in [0.717, 1.165) is 22.0 Å². The third-order valence-corrected chi connectivity index (χ3v) is 6.87. The fourth-order valence-electron chi connectivity index (χ4n) is 3.81. The van der Waals surface area contributed by atoms with Gasteiger partial charge in [0.1, 0.15) is 0 Å². The van der Waals surface area contributed by atoms with Crippen molar-refractivity contribution in [2.75, 3.05) is 41.7 Å². The van der Waals surface area contributed by atoms with Gasteiger partial charge in [-0.3, -0.25) is 9.35 Å². The van der Waals surface area contributed by atoms with Crippen LogP contribution in [0, 0.1) is 0 Å². The number of nitrogens with zero attached hydrogens (tertiary/aromatic N) is 3. The highest BCUT2D eigenvalue weighted by molar-refractivity contribution is 7.81. The van der Waals surface area contributed by atoms with E-state index in [1.165, 1.54) is 15.6 Å². The van der Waals surface area contributed by atoms with E-state index in [1.807, 2.05) is 85.9 Å². The number of benzene rings is 3. The minimum Gasteiger partial charge on any atom is -0.377 e. The molecule has 3 aromatic carbocycles. The number of carbonyl (C=O) groups is 1. The fraction of sp³-hybridized carbons (Fsp3) is 0.200. The summed E-state index contributed by atoms with van der Waals surface area (Å²) in [6.45, 7) is 2.86. The number of aromatic nitrogens is 1. The van der Waals surface area contributed by atoms with Gasteiger partial charge in [-0.2, -0.15) is 0 Å². The van der Waals surface area contributed by atoms with Gasteiger partial charge < -0.3 is 15.5 Å². The summed E-state index contributed by atoms with van der Waals surface area (Å²) in [5.74, 6) is -0.156. The molecule has 0 saturated heterocycles. The molecule has 0 aliphatic carbocycles. The van der Waals surface area contributed by atoms with Crippen LogP contribution in [0.15, 0.2) is 66.0 Å². The van der Waals surface area contributed by atoms with Crippen LogP contribution in [0.1, 0.15) is 6.92 Å². The largest absolute Gasteiger partial charge is 0.377 e. The molecule has 0 fully saturated rings. The first-order valence-corrected chi connectivity index (χ1v) is 13.0. The standard InChI is InChI=1S/C25H27N5O3S2/c1-4-26-15-24(31)28-25-27-21(16-34-25)17-8-5-9-18(14-17)30(35(32)33)23-13-7-10-19-20(23)11-6-12-22(19)29(2)3/h5-14,16,26H,4,15H2,1-3H3,(H,32,33)(H,27,28,31). The second-order valence-corrected chi connectivity index (χ2v) is 9.67. The number of thiazole rings is 1. The highest BCUT2D eigenvalue weighted by atomic mass is 32.2. The minimum absolute atomic E-state index is 0.156. The van der Waals surface area contributed by atoms with Gasteiger partial charge in [0, 0.05) is 41.5 Å². The molecule has 35 heavy (non-hydrogen) atoms. The third kappa shape index (κ3) is 5.51. The van der Waals surface area contributed by atoms with E-state index in [0.29, 0.717) is 28.7 Å². The van der Waals surface area contributed by atoms with Crippen molar-refractivity contribution in [3.05, 3.63) is 66.0 Å². The average Bonchev–Trinajstić information content (AvgIpc) is 3.31. The maximum Gasteiger partial charge on any atom is 0.266 e. The molecule has 0 radical (unpaired) electrons. The lowest BCUT2D eigenvalue weighted by atomic mass is 10.1. The molecular formula is C25H27N5O3S2. The number of fused-ring (bicyclic) bond motifs is 1. The molecule has 0 aliphatic rings. The van der Waals surface area contributed by atoms with Gasteiger partial charge in [-0.15, -0.1) is 11.3 Å². The second kappa shape index (κ2) is 11.0. The van der Waals surface area contributed by atoms with E-state index in [-0.39, 0.29) is 12.5 Å². The maximum absolute atomic E-state index is 12.6. The van der Waals surface area contributed by atoms with Gasteiger partial charge in [-0.1, -0.05) is 43.3 Å². The smallest absolute Gasteiger partial charge is 0.266 e. The Hall–Kier alpha value is -3.31. The lowest BCUT2D eigenvalue weighted by Gasteiger charge is -2.24. The van der Waals surface area contributed by atoms with Crippen molar-refractivity contribution >= 4 is 61.5 Å². The molecule has 1 heterocycles. The molecule has 0 aliphatic heterocycles. The Morgan fingerprint density at radius 2 is 1.74 bits per heavy atom. The molecule has 0 bridgehead atoms. The highest BCUT2D eigenvalue weighted by Gasteiger charge is 2.20. The fourth-order valence-corrected chi connectivity index (χ4v) is 5.17. The lowest BCUT2D eigenvalue weighted by molar-refractivity contribution is -0.115. The monoisotopic (exact) mass is 509 g/mol. The molecular weight excluding hydrogens is 482 g/mol. The van der Waals surface area contributed by atoms with Gasteiger partial charge in [0.15, 0.2) is 5.13 Å². The van der Waals surface area contributed by atoms with Gasteiger partial charge in [-0.05, 0) is 30.8 Å². The molecule has 4 aromatic rings. The molecule has 0 saturated carbocycles. The van der Waals surface area contributed by atoms with E-state index in [1.54, 1.807) is 6.07 Å². The molecule has 4 rings (SSSR count). The quantitative estimate of drug-likeness (QED) is 0.279. The summed E-state index contributed by atoms with van der Waals surface area (Å²) >= 11 is -0.981. The molecule has 1 unspecified atom stereocenters. The summed E-state index contributed by atoms with van der Waals surface area (Å²) in [7, 11) is 3.94. The van der Waals surface area contributed by atoms with E-state index in [4.69, 9.17) is 0 Å². The lowest BCUT2D eigenvalue weighted by Crippen LogP contribution is -2.27. The van der Waals surface area contributed by atoms with E-state index >= 15 is 0 Å². The van der Waals surface area contributed by atoms with Crippen LogP contribution in [0.3, 0.4) is 0 Å². The first kappa shape index (κ1) is 24.8. The maximum atomic E-state index is 12.6. The molecule has 1 atom stereocenters.